The molecule has 28 heavy (non-hydrogen) atoms. The molecule has 0 radical (unpaired) electrons. The van der Waals surface area contributed by atoms with Crippen molar-refractivity contribution in [3.8, 4) is 0 Å². The molecule has 0 aliphatic rings. The number of carbonyl (C=O) groups excluding carboxylic acids is 1. The molecule has 1 amide bonds. The SMILES string of the molecule is CC(C)CCCC(=O)N(Cc1ccn(C)n1)c1cc(C(C)(C)C)sc1C(=O)O. The lowest BCUT2D eigenvalue weighted by Crippen LogP contribution is -2.31. The minimum Gasteiger partial charge on any atom is -0.477 e. The predicted molar refractivity (Wildman–Crippen MR) is 113 cm³/mol. The van der Waals surface area contributed by atoms with Gasteiger partial charge < -0.3 is 10.0 Å². The first-order valence-electron chi connectivity index (χ1n) is 9.65. The van der Waals surface area contributed by atoms with Gasteiger partial charge in [0, 0.05) is 24.5 Å². The van der Waals surface area contributed by atoms with Crippen LogP contribution in [-0.4, -0.2) is 26.8 Å². The maximum Gasteiger partial charge on any atom is 0.348 e. The Morgan fingerprint density at radius 3 is 2.50 bits per heavy atom. The molecule has 0 fully saturated rings. The predicted octanol–water partition coefficient (Wildman–Crippen LogP) is 4.84. The van der Waals surface area contributed by atoms with E-state index in [4.69, 9.17) is 0 Å². The standard InChI is InChI=1S/C21H31N3O3S/c1-14(2)8-7-9-18(25)24(13-15-10-11-23(6)22-15)16-12-17(21(3,4)5)28-19(16)20(26)27/h10-12,14H,7-9,13H2,1-6H3,(H,26,27). The molecule has 0 atom stereocenters. The Kier molecular flexibility index (Phi) is 7.04. The van der Waals surface area contributed by atoms with Crippen molar-refractivity contribution in [1.29, 1.82) is 0 Å². The zero-order chi connectivity index (χ0) is 21.1. The number of aryl methyl sites for hydroxylation is 1. The number of hydrogen-bond acceptors (Lipinski definition) is 4. The second kappa shape index (κ2) is 8.90. The molecule has 2 aromatic rings. The summed E-state index contributed by atoms with van der Waals surface area (Å²) in [7, 11) is 1.82. The third-order valence-electron chi connectivity index (χ3n) is 4.50. The van der Waals surface area contributed by atoms with E-state index in [-0.39, 0.29) is 22.7 Å². The molecule has 2 rings (SSSR count). The molecule has 154 valence electrons. The Morgan fingerprint density at radius 1 is 1.32 bits per heavy atom. The molecular weight excluding hydrogens is 374 g/mol. The van der Waals surface area contributed by atoms with Gasteiger partial charge in [-0.3, -0.25) is 9.48 Å². The smallest absolute Gasteiger partial charge is 0.348 e. The van der Waals surface area contributed by atoms with Gasteiger partial charge in [-0.1, -0.05) is 41.0 Å². The van der Waals surface area contributed by atoms with Gasteiger partial charge in [0.1, 0.15) is 4.88 Å². The molecule has 0 saturated carbocycles. The van der Waals surface area contributed by atoms with E-state index in [1.54, 1.807) is 9.58 Å². The van der Waals surface area contributed by atoms with Crippen molar-refractivity contribution in [1.82, 2.24) is 9.78 Å². The van der Waals surface area contributed by atoms with Crippen molar-refractivity contribution in [3.05, 3.63) is 33.8 Å². The monoisotopic (exact) mass is 405 g/mol. The number of anilines is 1. The summed E-state index contributed by atoms with van der Waals surface area (Å²) in [6, 6.07) is 3.71. The lowest BCUT2D eigenvalue weighted by Gasteiger charge is -2.22. The highest BCUT2D eigenvalue weighted by Gasteiger charge is 2.28. The van der Waals surface area contributed by atoms with E-state index >= 15 is 0 Å². The molecule has 7 heteroatoms. The fourth-order valence-electron chi connectivity index (χ4n) is 2.92. The largest absolute Gasteiger partial charge is 0.477 e. The molecule has 1 N–H and O–H groups in total. The van der Waals surface area contributed by atoms with Crippen LogP contribution >= 0.6 is 11.3 Å². The highest BCUT2D eigenvalue weighted by Crippen LogP contribution is 2.38. The van der Waals surface area contributed by atoms with Crippen LogP contribution in [0.15, 0.2) is 18.3 Å². The first kappa shape index (κ1) is 22.1. The zero-order valence-electron chi connectivity index (χ0n) is 17.7. The Labute approximate surface area is 171 Å². The Balaban J connectivity index is 2.41. The van der Waals surface area contributed by atoms with Gasteiger partial charge in [-0.2, -0.15) is 5.10 Å². The number of aromatic carboxylic acids is 1. The van der Waals surface area contributed by atoms with Crippen LogP contribution in [0.1, 0.15) is 74.1 Å². The third-order valence-corrected chi connectivity index (χ3v) is 6.04. The highest BCUT2D eigenvalue weighted by molar-refractivity contribution is 7.14. The summed E-state index contributed by atoms with van der Waals surface area (Å²) in [5.74, 6) is -0.538. The minimum atomic E-state index is -1.00. The summed E-state index contributed by atoms with van der Waals surface area (Å²) in [6.07, 6.45) is 3.97. The van der Waals surface area contributed by atoms with Crippen molar-refractivity contribution in [3.63, 3.8) is 0 Å². The van der Waals surface area contributed by atoms with Crippen LogP contribution in [-0.2, 0) is 23.8 Å². The summed E-state index contributed by atoms with van der Waals surface area (Å²) in [4.78, 5) is 27.7. The van der Waals surface area contributed by atoms with Crippen LogP contribution in [0.5, 0.6) is 0 Å². The number of carboxylic acid groups (broad SMARTS) is 1. The number of carboxylic acids is 1. The van der Waals surface area contributed by atoms with Crippen molar-refractivity contribution in [2.24, 2.45) is 13.0 Å². The van der Waals surface area contributed by atoms with Crippen molar-refractivity contribution in [2.75, 3.05) is 4.90 Å². The summed E-state index contributed by atoms with van der Waals surface area (Å²) in [5, 5.41) is 14.1. The second-order valence-corrected chi connectivity index (χ2v) is 9.68. The van der Waals surface area contributed by atoms with E-state index in [2.05, 4.69) is 18.9 Å². The van der Waals surface area contributed by atoms with E-state index in [0.717, 1.165) is 23.4 Å². The molecule has 2 aromatic heterocycles. The third kappa shape index (κ3) is 5.67. The molecule has 0 unspecified atom stereocenters. The summed E-state index contributed by atoms with van der Waals surface area (Å²) >= 11 is 1.25. The number of rotatable bonds is 8. The molecular formula is C21H31N3O3S. The van der Waals surface area contributed by atoms with Crippen molar-refractivity contribution in [2.45, 2.75) is 65.8 Å². The van der Waals surface area contributed by atoms with Gasteiger partial charge in [0.25, 0.3) is 0 Å². The maximum atomic E-state index is 13.1. The van der Waals surface area contributed by atoms with Crippen LogP contribution in [0, 0.1) is 5.92 Å². The van der Waals surface area contributed by atoms with Crippen LogP contribution in [0.2, 0.25) is 0 Å². The number of nitrogens with zero attached hydrogens (tertiary/aromatic N) is 3. The van der Waals surface area contributed by atoms with Gasteiger partial charge >= 0.3 is 5.97 Å². The molecule has 2 heterocycles. The van der Waals surface area contributed by atoms with Crippen LogP contribution in [0.3, 0.4) is 0 Å². The fourth-order valence-corrected chi connectivity index (χ4v) is 3.98. The average molecular weight is 406 g/mol. The van der Waals surface area contributed by atoms with E-state index in [1.165, 1.54) is 11.3 Å². The lowest BCUT2D eigenvalue weighted by atomic mass is 9.94. The average Bonchev–Trinajstić information content (AvgIpc) is 3.18. The van der Waals surface area contributed by atoms with Crippen LogP contribution in [0.4, 0.5) is 5.69 Å². The number of amides is 1. The van der Waals surface area contributed by atoms with Gasteiger partial charge in [0.2, 0.25) is 5.91 Å². The van der Waals surface area contributed by atoms with Crippen LogP contribution < -0.4 is 4.90 Å². The van der Waals surface area contributed by atoms with Gasteiger partial charge in [-0.15, -0.1) is 11.3 Å². The molecule has 0 spiro atoms. The molecule has 0 aliphatic heterocycles. The van der Waals surface area contributed by atoms with E-state index in [0.29, 0.717) is 18.0 Å². The first-order chi connectivity index (χ1) is 13.0. The topological polar surface area (TPSA) is 75.4 Å². The zero-order valence-corrected chi connectivity index (χ0v) is 18.5. The first-order valence-corrected chi connectivity index (χ1v) is 10.5. The van der Waals surface area contributed by atoms with Crippen molar-refractivity contribution < 1.29 is 14.7 Å². The quantitative estimate of drug-likeness (QED) is 0.682. The van der Waals surface area contributed by atoms with Gasteiger partial charge in [0.15, 0.2) is 0 Å². The van der Waals surface area contributed by atoms with Crippen molar-refractivity contribution >= 4 is 28.9 Å². The molecule has 0 bridgehead atoms. The van der Waals surface area contributed by atoms with E-state index in [9.17, 15) is 14.7 Å². The summed E-state index contributed by atoms with van der Waals surface area (Å²) < 4.78 is 1.68. The number of carbonyl (C=O) groups is 2. The van der Waals surface area contributed by atoms with Gasteiger partial charge in [-0.25, -0.2) is 4.79 Å². The normalized spacial score (nSPS) is 11.8. The number of hydrogen-bond donors (Lipinski definition) is 1. The van der Waals surface area contributed by atoms with E-state index < -0.39 is 5.97 Å². The number of thiophene rings is 1. The van der Waals surface area contributed by atoms with Gasteiger partial charge in [-0.05, 0) is 29.9 Å². The summed E-state index contributed by atoms with van der Waals surface area (Å²) in [6.45, 7) is 10.7. The lowest BCUT2D eigenvalue weighted by molar-refractivity contribution is -0.118. The summed E-state index contributed by atoms with van der Waals surface area (Å²) in [5.41, 5.74) is 1.02. The molecule has 0 aliphatic carbocycles. The Hall–Kier alpha value is -2.15. The minimum absolute atomic E-state index is 0.0629. The second-order valence-electron chi connectivity index (χ2n) is 8.63. The van der Waals surface area contributed by atoms with E-state index in [1.807, 2.05) is 46.1 Å². The molecule has 6 nitrogen and oxygen atoms in total. The Bertz CT molecular complexity index is 830. The molecule has 0 saturated heterocycles. The van der Waals surface area contributed by atoms with Crippen LogP contribution in [0.25, 0.3) is 0 Å². The maximum absolute atomic E-state index is 13.1. The van der Waals surface area contributed by atoms with Gasteiger partial charge in [0.05, 0.1) is 17.9 Å². The number of aromatic nitrogens is 2. The Morgan fingerprint density at radius 2 is 2.00 bits per heavy atom. The highest BCUT2D eigenvalue weighted by atomic mass is 32.1. The fraction of sp³-hybridized carbons (Fsp3) is 0.571. The molecule has 0 aromatic carbocycles.